The summed E-state index contributed by atoms with van der Waals surface area (Å²) in [6.07, 6.45) is 2.40. The monoisotopic (exact) mass is 641 g/mol. The maximum atomic E-state index is 13.3. The number of benzene rings is 2. The zero-order valence-electron chi connectivity index (χ0n) is 19.3. The van der Waals surface area contributed by atoms with Gasteiger partial charge in [-0.05, 0) is 71.8 Å². The van der Waals surface area contributed by atoms with Gasteiger partial charge in [0.05, 0.1) is 34.4 Å². The third kappa shape index (κ3) is 5.96. The van der Waals surface area contributed by atoms with Crippen molar-refractivity contribution >= 4 is 61.6 Å². The van der Waals surface area contributed by atoms with Crippen molar-refractivity contribution in [3.05, 3.63) is 60.1 Å². The summed E-state index contributed by atoms with van der Waals surface area (Å²) in [4.78, 5) is 29.5. The Hall–Kier alpha value is -2.47. The Bertz CT molecular complexity index is 1290. The third-order valence-electron chi connectivity index (χ3n) is 5.10. The number of hydrogen-bond donors (Lipinski definition) is 0. The molecule has 1 aromatic heterocycles. The van der Waals surface area contributed by atoms with Gasteiger partial charge >= 0.3 is 5.97 Å². The number of nitrogens with zero attached hydrogens (tertiary/aromatic N) is 3. The summed E-state index contributed by atoms with van der Waals surface area (Å²) >= 11 is 5.53. The van der Waals surface area contributed by atoms with E-state index in [4.69, 9.17) is 14.5 Å². The van der Waals surface area contributed by atoms with E-state index >= 15 is 0 Å². The van der Waals surface area contributed by atoms with Crippen molar-refractivity contribution in [2.24, 2.45) is 5.10 Å². The number of aromatic nitrogens is 2. The third-order valence-corrected chi connectivity index (χ3v) is 6.40. The lowest BCUT2D eigenvalue weighted by molar-refractivity contribution is -0.142. The molecule has 180 valence electrons. The molecule has 1 atom stereocenters. The summed E-state index contributed by atoms with van der Waals surface area (Å²) in [5, 5.41) is 4.99. The van der Waals surface area contributed by atoms with Gasteiger partial charge in [-0.2, -0.15) is 9.78 Å². The van der Waals surface area contributed by atoms with Crippen LogP contribution >= 0.6 is 38.5 Å². The van der Waals surface area contributed by atoms with Crippen LogP contribution in [0.4, 0.5) is 0 Å². The average Bonchev–Trinajstić information content (AvgIpc) is 2.82. The van der Waals surface area contributed by atoms with Gasteiger partial charge in [0, 0.05) is 10.4 Å². The van der Waals surface area contributed by atoms with Crippen LogP contribution < -0.4 is 15.0 Å². The quantitative estimate of drug-likeness (QED) is 0.183. The van der Waals surface area contributed by atoms with Gasteiger partial charge in [-0.3, -0.25) is 4.79 Å². The predicted octanol–water partition coefficient (Wildman–Crippen LogP) is 5.11. The SMILES string of the molecule is CCOc1cc(C=Nn2c([C@@H](C)CC)nc3ccc(Br)cc3c2=O)cc(I)c1OCC(=O)OC. The highest BCUT2D eigenvalue weighted by Crippen LogP contribution is 2.34. The summed E-state index contributed by atoms with van der Waals surface area (Å²) in [6, 6.07) is 9.02. The van der Waals surface area contributed by atoms with Gasteiger partial charge in [0.15, 0.2) is 18.1 Å². The lowest BCUT2D eigenvalue weighted by Crippen LogP contribution is -2.23. The Morgan fingerprint density at radius 2 is 2.03 bits per heavy atom. The molecule has 3 rings (SSSR count). The molecule has 0 radical (unpaired) electrons. The molecule has 0 spiro atoms. The number of halogens is 2. The molecule has 0 saturated carbocycles. The molecule has 0 bridgehead atoms. The van der Waals surface area contributed by atoms with Crippen molar-refractivity contribution in [1.29, 1.82) is 0 Å². The smallest absolute Gasteiger partial charge is 0.343 e. The van der Waals surface area contributed by atoms with Crippen LogP contribution in [0.15, 0.2) is 44.7 Å². The fourth-order valence-electron chi connectivity index (χ4n) is 3.16. The molecule has 0 aliphatic rings. The minimum absolute atomic E-state index is 0.0334. The minimum Gasteiger partial charge on any atom is -0.490 e. The fourth-order valence-corrected chi connectivity index (χ4v) is 4.30. The van der Waals surface area contributed by atoms with E-state index in [9.17, 15) is 9.59 Å². The fraction of sp³-hybridized carbons (Fsp3) is 0.333. The molecular formula is C24H25BrIN3O5. The highest BCUT2D eigenvalue weighted by molar-refractivity contribution is 14.1. The molecule has 0 N–H and O–H groups in total. The number of rotatable bonds is 9. The highest BCUT2D eigenvalue weighted by Gasteiger charge is 2.17. The lowest BCUT2D eigenvalue weighted by atomic mass is 10.1. The van der Waals surface area contributed by atoms with E-state index in [1.807, 2.05) is 39.0 Å². The molecule has 0 fully saturated rings. The number of fused-ring (bicyclic) bond motifs is 1. The Morgan fingerprint density at radius 3 is 2.71 bits per heavy atom. The maximum absolute atomic E-state index is 13.3. The molecule has 0 amide bonds. The van der Waals surface area contributed by atoms with Crippen LogP contribution in [0.25, 0.3) is 10.9 Å². The molecule has 2 aromatic carbocycles. The second-order valence-electron chi connectivity index (χ2n) is 7.43. The van der Waals surface area contributed by atoms with Gasteiger partial charge in [0.25, 0.3) is 5.56 Å². The highest BCUT2D eigenvalue weighted by atomic mass is 127. The molecule has 0 aliphatic carbocycles. The van der Waals surface area contributed by atoms with Crippen LogP contribution in [0.2, 0.25) is 0 Å². The van der Waals surface area contributed by atoms with Gasteiger partial charge in [0.2, 0.25) is 0 Å². The first-order valence-electron chi connectivity index (χ1n) is 10.7. The van der Waals surface area contributed by atoms with Gasteiger partial charge in [0.1, 0.15) is 5.82 Å². The van der Waals surface area contributed by atoms with Crippen LogP contribution in [0.1, 0.15) is 44.5 Å². The number of ether oxygens (including phenoxy) is 3. The van der Waals surface area contributed by atoms with Gasteiger partial charge < -0.3 is 14.2 Å². The molecule has 3 aromatic rings. The summed E-state index contributed by atoms with van der Waals surface area (Å²) in [6.45, 7) is 6.09. The summed E-state index contributed by atoms with van der Waals surface area (Å²) in [5.74, 6) is 1.05. The second-order valence-corrected chi connectivity index (χ2v) is 9.51. The molecule has 8 nitrogen and oxygen atoms in total. The zero-order chi connectivity index (χ0) is 24.8. The van der Waals surface area contributed by atoms with Gasteiger partial charge in [-0.15, -0.1) is 0 Å². The summed E-state index contributed by atoms with van der Waals surface area (Å²) in [7, 11) is 1.30. The average molecular weight is 642 g/mol. The van der Waals surface area contributed by atoms with Crippen molar-refractivity contribution in [1.82, 2.24) is 9.66 Å². The van der Waals surface area contributed by atoms with Crippen molar-refractivity contribution in [2.75, 3.05) is 20.3 Å². The Balaban J connectivity index is 2.07. The van der Waals surface area contributed by atoms with Gasteiger partial charge in [-0.25, -0.2) is 9.78 Å². The Labute approximate surface area is 219 Å². The normalized spacial score (nSPS) is 12.2. The topological polar surface area (TPSA) is 92.0 Å². The first-order chi connectivity index (χ1) is 16.3. The zero-order valence-corrected chi connectivity index (χ0v) is 23.0. The van der Waals surface area contributed by atoms with Crippen LogP contribution in [-0.4, -0.2) is 42.2 Å². The van der Waals surface area contributed by atoms with Crippen molar-refractivity contribution in [3.63, 3.8) is 0 Å². The molecule has 0 saturated heterocycles. The minimum atomic E-state index is -0.490. The van der Waals surface area contributed by atoms with Crippen LogP contribution in [0, 0.1) is 3.57 Å². The second kappa shape index (κ2) is 11.8. The van der Waals surface area contributed by atoms with Crippen LogP contribution in [0.5, 0.6) is 11.5 Å². The van der Waals surface area contributed by atoms with E-state index in [1.165, 1.54) is 11.8 Å². The van der Waals surface area contributed by atoms with Crippen molar-refractivity contribution in [2.45, 2.75) is 33.1 Å². The largest absolute Gasteiger partial charge is 0.490 e. The van der Waals surface area contributed by atoms with Crippen molar-refractivity contribution in [3.8, 4) is 11.5 Å². The summed E-state index contributed by atoms with van der Waals surface area (Å²) < 4.78 is 18.9. The van der Waals surface area contributed by atoms with E-state index in [0.717, 1.165) is 14.5 Å². The van der Waals surface area contributed by atoms with E-state index in [2.05, 4.69) is 48.4 Å². The molecular weight excluding hydrogens is 617 g/mol. The van der Waals surface area contributed by atoms with E-state index in [0.29, 0.717) is 40.4 Å². The first-order valence-corrected chi connectivity index (χ1v) is 12.6. The number of carbonyl (C=O) groups is 1. The maximum Gasteiger partial charge on any atom is 0.343 e. The van der Waals surface area contributed by atoms with Crippen LogP contribution in [-0.2, 0) is 9.53 Å². The van der Waals surface area contributed by atoms with Gasteiger partial charge in [-0.1, -0.05) is 29.8 Å². The predicted molar refractivity (Wildman–Crippen MR) is 143 cm³/mol. The molecule has 10 heteroatoms. The standard InChI is InChI=1S/C24H25BrIN3O5/c1-5-14(3)23-28-19-8-7-16(25)11-17(19)24(31)29(23)27-12-15-9-18(26)22(20(10-15)33-6-2)34-13-21(30)32-4/h7-12,14H,5-6,13H2,1-4H3/t14-/m0/s1. The summed E-state index contributed by atoms with van der Waals surface area (Å²) in [5.41, 5.74) is 1.10. The Morgan fingerprint density at radius 1 is 1.26 bits per heavy atom. The number of methoxy groups -OCH3 is 1. The van der Waals surface area contributed by atoms with E-state index in [-0.39, 0.29) is 18.1 Å². The van der Waals surface area contributed by atoms with E-state index < -0.39 is 5.97 Å². The van der Waals surface area contributed by atoms with E-state index in [1.54, 1.807) is 18.3 Å². The number of hydrogen-bond acceptors (Lipinski definition) is 7. The van der Waals surface area contributed by atoms with Crippen LogP contribution in [0.3, 0.4) is 0 Å². The molecule has 34 heavy (non-hydrogen) atoms. The first kappa shape index (κ1) is 26.1. The Kier molecular flexibility index (Phi) is 9.06. The lowest BCUT2D eigenvalue weighted by Gasteiger charge is -2.15. The molecule has 0 unspecified atom stereocenters. The molecule has 0 aliphatic heterocycles. The van der Waals surface area contributed by atoms with Crippen molar-refractivity contribution < 1.29 is 19.0 Å². The number of esters is 1. The molecule has 1 heterocycles. The number of carbonyl (C=O) groups excluding carboxylic acids is 1.